The number of aliphatic carboxylic acids is 1. The van der Waals surface area contributed by atoms with Gasteiger partial charge < -0.3 is 15.7 Å². The van der Waals surface area contributed by atoms with Crippen LogP contribution in [-0.2, 0) is 15.6 Å². The summed E-state index contributed by atoms with van der Waals surface area (Å²) in [7, 11) is -0.881. The van der Waals surface area contributed by atoms with Gasteiger partial charge in [0, 0.05) is 41.3 Å². The standard InChI is InChI=1S/C11H22N2O4S/c1-8(4-5-10(14)15)13-11(16)12-7-6-9(2)18(3)17/h8-9H,4-7H2,1-3H3,(H,14,15)(H2,12,13,16). The number of carboxylic acids is 1. The Morgan fingerprint density at radius 3 is 2.39 bits per heavy atom. The SMILES string of the molecule is CC(CCC(=O)O)NC(=O)NCCC(C)S(C)=O. The summed E-state index contributed by atoms with van der Waals surface area (Å²) in [6.07, 6.45) is 2.73. The van der Waals surface area contributed by atoms with E-state index in [4.69, 9.17) is 5.11 Å². The van der Waals surface area contributed by atoms with Gasteiger partial charge in [0.1, 0.15) is 0 Å². The van der Waals surface area contributed by atoms with E-state index < -0.39 is 16.8 Å². The molecule has 0 saturated carbocycles. The summed E-state index contributed by atoms with van der Waals surface area (Å²) in [5.41, 5.74) is 0. The van der Waals surface area contributed by atoms with Crippen molar-refractivity contribution in [2.45, 2.75) is 44.4 Å². The summed E-state index contributed by atoms with van der Waals surface area (Å²) in [6.45, 7) is 4.08. The van der Waals surface area contributed by atoms with E-state index in [0.29, 0.717) is 19.4 Å². The van der Waals surface area contributed by atoms with Crippen molar-refractivity contribution in [2.75, 3.05) is 12.8 Å². The van der Waals surface area contributed by atoms with E-state index in [1.54, 1.807) is 13.2 Å². The molecule has 7 heteroatoms. The van der Waals surface area contributed by atoms with Crippen LogP contribution in [-0.4, -0.2) is 45.4 Å². The molecule has 0 aliphatic carbocycles. The van der Waals surface area contributed by atoms with Gasteiger partial charge in [0.2, 0.25) is 0 Å². The van der Waals surface area contributed by atoms with Gasteiger partial charge in [-0.1, -0.05) is 6.92 Å². The zero-order chi connectivity index (χ0) is 14.1. The Kier molecular flexibility index (Phi) is 8.36. The molecule has 0 bridgehead atoms. The molecule has 0 spiro atoms. The zero-order valence-corrected chi connectivity index (χ0v) is 11.9. The van der Waals surface area contributed by atoms with E-state index >= 15 is 0 Å². The summed E-state index contributed by atoms with van der Waals surface area (Å²) >= 11 is 0. The summed E-state index contributed by atoms with van der Waals surface area (Å²) in [4.78, 5) is 21.7. The van der Waals surface area contributed by atoms with Crippen LogP contribution in [0.3, 0.4) is 0 Å². The van der Waals surface area contributed by atoms with Crippen molar-refractivity contribution in [3.05, 3.63) is 0 Å². The first-order valence-electron chi connectivity index (χ1n) is 5.91. The maximum absolute atomic E-state index is 11.4. The Morgan fingerprint density at radius 2 is 1.89 bits per heavy atom. The Bertz CT molecular complexity index is 309. The lowest BCUT2D eigenvalue weighted by atomic mass is 10.2. The highest BCUT2D eigenvalue weighted by Gasteiger charge is 2.10. The molecular formula is C11H22N2O4S. The molecule has 0 radical (unpaired) electrons. The lowest BCUT2D eigenvalue weighted by Crippen LogP contribution is -2.41. The van der Waals surface area contributed by atoms with E-state index in [0.717, 1.165) is 0 Å². The van der Waals surface area contributed by atoms with Crippen molar-refractivity contribution in [1.82, 2.24) is 10.6 Å². The molecule has 3 N–H and O–H groups in total. The van der Waals surface area contributed by atoms with Crippen LogP contribution in [0.15, 0.2) is 0 Å². The van der Waals surface area contributed by atoms with E-state index in [9.17, 15) is 13.8 Å². The summed E-state index contributed by atoms with van der Waals surface area (Å²) in [6, 6.07) is -0.499. The van der Waals surface area contributed by atoms with Crippen molar-refractivity contribution in [3.63, 3.8) is 0 Å². The van der Waals surface area contributed by atoms with Crippen molar-refractivity contribution in [2.24, 2.45) is 0 Å². The first-order valence-corrected chi connectivity index (χ1v) is 7.53. The van der Waals surface area contributed by atoms with Gasteiger partial charge in [-0.2, -0.15) is 0 Å². The fourth-order valence-electron chi connectivity index (χ4n) is 1.24. The number of amides is 2. The number of rotatable bonds is 8. The van der Waals surface area contributed by atoms with Gasteiger partial charge in [0.25, 0.3) is 0 Å². The quantitative estimate of drug-likeness (QED) is 0.609. The average molecular weight is 278 g/mol. The molecule has 0 aromatic rings. The minimum atomic E-state index is -0.881. The molecule has 6 nitrogen and oxygen atoms in total. The van der Waals surface area contributed by atoms with Gasteiger partial charge >= 0.3 is 12.0 Å². The topological polar surface area (TPSA) is 95.5 Å². The van der Waals surface area contributed by atoms with Crippen LogP contribution in [0.2, 0.25) is 0 Å². The molecule has 0 fully saturated rings. The Hall–Kier alpha value is -1.11. The van der Waals surface area contributed by atoms with E-state index in [1.807, 2.05) is 6.92 Å². The molecule has 0 aromatic carbocycles. The molecule has 0 aliphatic heterocycles. The number of hydrogen-bond donors (Lipinski definition) is 3. The highest BCUT2D eigenvalue weighted by molar-refractivity contribution is 7.84. The molecule has 2 amide bonds. The van der Waals surface area contributed by atoms with Gasteiger partial charge in [-0.3, -0.25) is 9.00 Å². The molecule has 18 heavy (non-hydrogen) atoms. The number of hydrogen-bond acceptors (Lipinski definition) is 3. The number of nitrogens with one attached hydrogen (secondary N) is 2. The molecule has 3 atom stereocenters. The van der Waals surface area contributed by atoms with Gasteiger partial charge in [-0.05, 0) is 19.8 Å². The predicted octanol–water partition coefficient (Wildman–Crippen LogP) is 0.696. The second-order valence-electron chi connectivity index (χ2n) is 4.33. The van der Waals surface area contributed by atoms with Crippen molar-refractivity contribution in [3.8, 4) is 0 Å². The Balaban J connectivity index is 3.70. The number of carbonyl (C=O) groups is 2. The van der Waals surface area contributed by atoms with Crippen LogP contribution in [0.25, 0.3) is 0 Å². The van der Waals surface area contributed by atoms with Crippen molar-refractivity contribution < 1.29 is 18.9 Å². The van der Waals surface area contributed by atoms with Crippen LogP contribution in [0.5, 0.6) is 0 Å². The maximum atomic E-state index is 11.4. The van der Waals surface area contributed by atoms with E-state index in [2.05, 4.69) is 10.6 Å². The summed E-state index contributed by atoms with van der Waals surface area (Å²) in [5, 5.41) is 13.8. The first-order chi connectivity index (χ1) is 8.32. The largest absolute Gasteiger partial charge is 0.481 e. The van der Waals surface area contributed by atoms with Gasteiger partial charge in [0.05, 0.1) is 0 Å². The number of urea groups is 1. The Morgan fingerprint density at radius 1 is 1.28 bits per heavy atom. The lowest BCUT2D eigenvalue weighted by molar-refractivity contribution is -0.137. The van der Waals surface area contributed by atoms with Gasteiger partial charge in [-0.15, -0.1) is 0 Å². The number of carboxylic acid groups (broad SMARTS) is 1. The van der Waals surface area contributed by atoms with Crippen molar-refractivity contribution >= 4 is 22.8 Å². The monoisotopic (exact) mass is 278 g/mol. The van der Waals surface area contributed by atoms with Crippen LogP contribution in [0.4, 0.5) is 4.79 Å². The lowest BCUT2D eigenvalue weighted by Gasteiger charge is -2.14. The number of carbonyl (C=O) groups excluding carboxylic acids is 1. The van der Waals surface area contributed by atoms with Crippen LogP contribution >= 0.6 is 0 Å². The highest BCUT2D eigenvalue weighted by atomic mass is 32.2. The maximum Gasteiger partial charge on any atom is 0.314 e. The summed E-state index contributed by atoms with van der Waals surface area (Å²) in [5.74, 6) is -0.872. The summed E-state index contributed by atoms with van der Waals surface area (Å²) < 4.78 is 11.1. The third-order valence-corrected chi connectivity index (χ3v) is 3.94. The average Bonchev–Trinajstić information content (AvgIpc) is 2.25. The van der Waals surface area contributed by atoms with E-state index in [1.165, 1.54) is 0 Å². The molecule has 3 unspecified atom stereocenters. The molecule has 0 aliphatic rings. The fraction of sp³-hybridized carbons (Fsp3) is 0.818. The predicted molar refractivity (Wildman–Crippen MR) is 71.0 cm³/mol. The van der Waals surface area contributed by atoms with Gasteiger partial charge in [0.15, 0.2) is 0 Å². The first kappa shape index (κ1) is 16.9. The van der Waals surface area contributed by atoms with Gasteiger partial charge in [-0.25, -0.2) is 4.79 Å². The molecular weight excluding hydrogens is 256 g/mol. The van der Waals surface area contributed by atoms with Crippen LogP contribution in [0, 0.1) is 0 Å². The van der Waals surface area contributed by atoms with Crippen LogP contribution in [0.1, 0.15) is 33.1 Å². The molecule has 0 heterocycles. The van der Waals surface area contributed by atoms with Crippen molar-refractivity contribution in [1.29, 1.82) is 0 Å². The smallest absolute Gasteiger partial charge is 0.314 e. The third-order valence-electron chi connectivity index (χ3n) is 2.57. The minimum absolute atomic E-state index is 0.0350. The molecule has 0 saturated heterocycles. The second-order valence-corrected chi connectivity index (χ2v) is 6.13. The van der Waals surface area contributed by atoms with Crippen LogP contribution < -0.4 is 10.6 Å². The molecule has 0 aromatic heterocycles. The zero-order valence-electron chi connectivity index (χ0n) is 11.1. The Labute approximate surface area is 110 Å². The third kappa shape index (κ3) is 8.98. The molecule has 106 valence electrons. The normalized spacial score (nSPS) is 15.5. The second kappa shape index (κ2) is 8.91. The molecule has 0 rings (SSSR count). The van der Waals surface area contributed by atoms with E-state index in [-0.39, 0.29) is 23.7 Å². The fourth-order valence-corrected chi connectivity index (χ4v) is 1.69. The highest BCUT2D eigenvalue weighted by Crippen LogP contribution is 1.98. The minimum Gasteiger partial charge on any atom is -0.481 e.